The molecule has 1 aromatic heterocycles. The number of nitrogens with one attached hydrogen (secondary N) is 1. The van der Waals surface area contributed by atoms with Crippen LogP contribution in [0.1, 0.15) is 18.1 Å². The van der Waals surface area contributed by atoms with E-state index in [1.165, 1.54) is 16.5 Å². The van der Waals surface area contributed by atoms with Crippen molar-refractivity contribution in [1.82, 2.24) is 4.98 Å². The summed E-state index contributed by atoms with van der Waals surface area (Å²) < 4.78 is 0. The lowest BCUT2D eigenvalue weighted by Gasteiger charge is -2.08. The Balaban J connectivity index is 2.60. The Morgan fingerprint density at radius 1 is 1.20 bits per heavy atom. The van der Waals surface area contributed by atoms with Crippen LogP contribution < -0.4 is 5.32 Å². The third kappa shape index (κ3) is 1.94. The molecular formula is C13H16N2. The minimum absolute atomic E-state index is 0.908. The van der Waals surface area contributed by atoms with Gasteiger partial charge >= 0.3 is 0 Å². The first kappa shape index (κ1) is 9.97. The highest BCUT2D eigenvalue weighted by Gasteiger charge is 2.02. The number of nitrogens with zero attached hydrogens (tertiary/aromatic N) is 1. The van der Waals surface area contributed by atoms with Gasteiger partial charge in [-0.3, -0.25) is 0 Å². The average molecular weight is 200 g/mol. The minimum atomic E-state index is 0.908. The van der Waals surface area contributed by atoms with Crippen molar-refractivity contribution in [1.29, 1.82) is 0 Å². The van der Waals surface area contributed by atoms with Crippen molar-refractivity contribution < 1.29 is 0 Å². The molecule has 2 rings (SSSR count). The first-order chi connectivity index (χ1) is 7.20. The zero-order chi connectivity index (χ0) is 10.8. The highest BCUT2D eigenvalue weighted by Crippen LogP contribution is 2.20. The lowest BCUT2D eigenvalue weighted by Crippen LogP contribution is -2.01. The molecule has 0 bridgehead atoms. The molecule has 0 saturated carbocycles. The number of hydrogen-bond acceptors (Lipinski definition) is 2. The molecule has 0 aliphatic carbocycles. The summed E-state index contributed by atoms with van der Waals surface area (Å²) in [6.45, 7) is 7.19. The lowest BCUT2D eigenvalue weighted by atomic mass is 10.1. The van der Waals surface area contributed by atoms with Gasteiger partial charge in [0.05, 0.1) is 5.52 Å². The molecule has 2 heteroatoms. The fraction of sp³-hybridized carbons (Fsp3) is 0.308. The summed E-state index contributed by atoms with van der Waals surface area (Å²) in [5.74, 6) is 0.994. The van der Waals surface area contributed by atoms with Crippen LogP contribution in [-0.2, 0) is 0 Å². The summed E-state index contributed by atoms with van der Waals surface area (Å²) in [6, 6.07) is 8.53. The van der Waals surface area contributed by atoms with E-state index in [-0.39, 0.29) is 0 Å². The van der Waals surface area contributed by atoms with Crippen molar-refractivity contribution in [2.24, 2.45) is 0 Å². The van der Waals surface area contributed by atoms with Gasteiger partial charge in [-0.2, -0.15) is 0 Å². The molecule has 0 aliphatic rings. The van der Waals surface area contributed by atoms with Crippen LogP contribution in [0.15, 0.2) is 24.3 Å². The van der Waals surface area contributed by atoms with E-state index in [1.54, 1.807) is 0 Å². The number of fused-ring (bicyclic) bond motifs is 1. The molecule has 0 unspecified atom stereocenters. The van der Waals surface area contributed by atoms with Crippen LogP contribution in [0, 0.1) is 13.8 Å². The number of rotatable bonds is 2. The van der Waals surface area contributed by atoms with Gasteiger partial charge in [0, 0.05) is 11.9 Å². The third-order valence-electron chi connectivity index (χ3n) is 2.51. The average Bonchev–Trinajstić information content (AvgIpc) is 2.20. The van der Waals surface area contributed by atoms with Crippen molar-refractivity contribution in [3.8, 4) is 0 Å². The largest absolute Gasteiger partial charge is 0.370 e. The molecule has 0 aliphatic heterocycles. The summed E-state index contributed by atoms with van der Waals surface area (Å²) in [5, 5.41) is 4.49. The van der Waals surface area contributed by atoms with E-state index in [9.17, 15) is 0 Å². The first-order valence-electron chi connectivity index (χ1n) is 5.32. The van der Waals surface area contributed by atoms with Crippen molar-refractivity contribution in [2.75, 3.05) is 11.9 Å². The van der Waals surface area contributed by atoms with E-state index in [0.717, 1.165) is 17.9 Å². The Kier molecular flexibility index (Phi) is 2.58. The molecule has 1 aromatic carbocycles. The van der Waals surface area contributed by atoms with E-state index in [4.69, 9.17) is 0 Å². The predicted molar refractivity (Wildman–Crippen MR) is 65.4 cm³/mol. The summed E-state index contributed by atoms with van der Waals surface area (Å²) in [7, 11) is 0. The summed E-state index contributed by atoms with van der Waals surface area (Å²) in [4.78, 5) is 4.59. The maximum absolute atomic E-state index is 4.59. The van der Waals surface area contributed by atoms with Gasteiger partial charge in [-0.05, 0) is 44.5 Å². The van der Waals surface area contributed by atoms with Gasteiger partial charge in [0.2, 0.25) is 0 Å². The van der Waals surface area contributed by atoms with Crippen LogP contribution in [0.25, 0.3) is 10.9 Å². The van der Waals surface area contributed by atoms with Crippen LogP contribution in [0.3, 0.4) is 0 Å². The van der Waals surface area contributed by atoms with Gasteiger partial charge in [0.15, 0.2) is 0 Å². The number of hydrogen-bond donors (Lipinski definition) is 1. The quantitative estimate of drug-likeness (QED) is 0.804. The molecular weight excluding hydrogens is 184 g/mol. The van der Waals surface area contributed by atoms with Gasteiger partial charge in [0.25, 0.3) is 0 Å². The zero-order valence-corrected chi connectivity index (χ0v) is 9.46. The van der Waals surface area contributed by atoms with Gasteiger partial charge < -0.3 is 5.32 Å². The normalized spacial score (nSPS) is 10.6. The SMILES string of the molecule is CCNc1nc2ccc(C)cc2cc1C. The molecule has 2 aromatic rings. The molecule has 0 spiro atoms. The maximum atomic E-state index is 4.59. The zero-order valence-electron chi connectivity index (χ0n) is 9.46. The van der Waals surface area contributed by atoms with E-state index in [0.29, 0.717) is 0 Å². The monoisotopic (exact) mass is 200 g/mol. The van der Waals surface area contributed by atoms with Crippen LogP contribution >= 0.6 is 0 Å². The second kappa shape index (κ2) is 3.89. The van der Waals surface area contributed by atoms with Crippen LogP contribution in [0.5, 0.6) is 0 Å². The number of anilines is 1. The fourth-order valence-electron chi connectivity index (χ4n) is 1.75. The predicted octanol–water partition coefficient (Wildman–Crippen LogP) is 3.28. The topological polar surface area (TPSA) is 24.9 Å². The number of aromatic nitrogens is 1. The molecule has 15 heavy (non-hydrogen) atoms. The molecule has 0 amide bonds. The van der Waals surface area contributed by atoms with Crippen molar-refractivity contribution >= 4 is 16.7 Å². The lowest BCUT2D eigenvalue weighted by molar-refractivity contribution is 1.16. The molecule has 0 fully saturated rings. The molecule has 1 heterocycles. The molecule has 1 N–H and O–H groups in total. The van der Waals surface area contributed by atoms with Crippen LogP contribution in [0.2, 0.25) is 0 Å². The fourth-order valence-corrected chi connectivity index (χ4v) is 1.75. The van der Waals surface area contributed by atoms with Gasteiger partial charge in [0.1, 0.15) is 5.82 Å². The van der Waals surface area contributed by atoms with Crippen molar-refractivity contribution in [2.45, 2.75) is 20.8 Å². The summed E-state index contributed by atoms with van der Waals surface area (Å²) in [5.41, 5.74) is 3.54. The summed E-state index contributed by atoms with van der Waals surface area (Å²) in [6.07, 6.45) is 0. The number of pyridine rings is 1. The second-order valence-corrected chi connectivity index (χ2v) is 3.88. The Hall–Kier alpha value is -1.57. The molecule has 0 saturated heterocycles. The molecule has 0 radical (unpaired) electrons. The molecule has 0 atom stereocenters. The highest BCUT2D eigenvalue weighted by atomic mass is 15.0. The Bertz CT molecular complexity index is 489. The van der Waals surface area contributed by atoms with E-state index in [1.807, 2.05) is 0 Å². The van der Waals surface area contributed by atoms with Crippen molar-refractivity contribution in [3.05, 3.63) is 35.4 Å². The van der Waals surface area contributed by atoms with E-state index in [2.05, 4.69) is 55.3 Å². The smallest absolute Gasteiger partial charge is 0.129 e. The first-order valence-corrected chi connectivity index (χ1v) is 5.32. The van der Waals surface area contributed by atoms with Gasteiger partial charge in [-0.15, -0.1) is 0 Å². The summed E-state index contributed by atoms with van der Waals surface area (Å²) >= 11 is 0. The number of aryl methyl sites for hydroxylation is 2. The Labute approximate surface area is 90.3 Å². The van der Waals surface area contributed by atoms with Gasteiger partial charge in [-0.1, -0.05) is 11.6 Å². The Morgan fingerprint density at radius 3 is 2.73 bits per heavy atom. The van der Waals surface area contributed by atoms with Crippen LogP contribution in [-0.4, -0.2) is 11.5 Å². The van der Waals surface area contributed by atoms with E-state index >= 15 is 0 Å². The second-order valence-electron chi connectivity index (χ2n) is 3.88. The van der Waals surface area contributed by atoms with E-state index < -0.39 is 0 Å². The number of benzene rings is 1. The van der Waals surface area contributed by atoms with Crippen molar-refractivity contribution in [3.63, 3.8) is 0 Å². The van der Waals surface area contributed by atoms with Crippen LogP contribution in [0.4, 0.5) is 5.82 Å². The molecule has 2 nitrogen and oxygen atoms in total. The Morgan fingerprint density at radius 2 is 2.00 bits per heavy atom. The molecule has 78 valence electrons. The minimum Gasteiger partial charge on any atom is -0.370 e. The highest BCUT2D eigenvalue weighted by molar-refractivity contribution is 5.82. The standard InChI is InChI=1S/C13H16N2/c1-4-14-13-10(3)8-11-7-9(2)5-6-12(11)15-13/h5-8H,4H2,1-3H3,(H,14,15). The maximum Gasteiger partial charge on any atom is 0.129 e. The third-order valence-corrected chi connectivity index (χ3v) is 2.51. The van der Waals surface area contributed by atoms with Gasteiger partial charge in [-0.25, -0.2) is 4.98 Å².